The van der Waals surface area contributed by atoms with E-state index in [-0.39, 0.29) is 0 Å². The molecule has 0 saturated heterocycles. The summed E-state index contributed by atoms with van der Waals surface area (Å²) in [4.78, 5) is 4.15. The zero-order valence-electron chi connectivity index (χ0n) is 12.2. The van der Waals surface area contributed by atoms with E-state index in [4.69, 9.17) is 11.6 Å². The molecule has 0 spiro atoms. The quantitative estimate of drug-likeness (QED) is 0.760. The third-order valence-corrected chi connectivity index (χ3v) is 2.55. The third-order valence-electron chi connectivity index (χ3n) is 2.36. The summed E-state index contributed by atoms with van der Waals surface area (Å²) in [5.74, 6) is 0. The van der Waals surface area contributed by atoms with Crippen molar-refractivity contribution in [2.24, 2.45) is 0 Å². The lowest BCUT2D eigenvalue weighted by Crippen LogP contribution is -2.20. The topological polar surface area (TPSA) is 24.9 Å². The van der Waals surface area contributed by atoms with Gasteiger partial charge in [0.1, 0.15) is 5.15 Å². The van der Waals surface area contributed by atoms with Crippen molar-refractivity contribution in [3.63, 3.8) is 0 Å². The Balaban J connectivity index is 0.000000659. The molecule has 2 rings (SSSR count). The summed E-state index contributed by atoms with van der Waals surface area (Å²) >= 11 is 5.92. The number of rotatable bonds is 1. The number of hydrogen-bond donors (Lipinski definition) is 1. The summed E-state index contributed by atoms with van der Waals surface area (Å²) in [6, 6.07) is 4.02. The van der Waals surface area contributed by atoms with Crippen LogP contribution in [0.1, 0.15) is 45.4 Å². The molecule has 1 aliphatic rings. The highest BCUT2D eigenvalue weighted by atomic mass is 35.5. The minimum Gasteiger partial charge on any atom is -0.313 e. The molecule has 0 unspecified atom stereocenters. The molecule has 1 N–H and O–H groups in total. The number of pyridine rings is 1. The highest BCUT2D eigenvalue weighted by Gasteiger charge is 2.07. The van der Waals surface area contributed by atoms with Gasteiger partial charge in [-0.05, 0) is 43.2 Å². The average molecular weight is 269 g/mol. The Morgan fingerprint density at radius 2 is 1.83 bits per heavy atom. The van der Waals surface area contributed by atoms with Crippen molar-refractivity contribution in [3.05, 3.63) is 34.6 Å². The molecule has 1 aromatic heterocycles. The first-order chi connectivity index (χ1) is 8.75. The van der Waals surface area contributed by atoms with Crippen LogP contribution < -0.4 is 5.32 Å². The lowest BCUT2D eigenvalue weighted by Gasteiger charge is -2.14. The van der Waals surface area contributed by atoms with Gasteiger partial charge >= 0.3 is 0 Å². The zero-order valence-corrected chi connectivity index (χ0v) is 12.9. The molecule has 0 saturated carbocycles. The largest absolute Gasteiger partial charge is 0.313 e. The van der Waals surface area contributed by atoms with Gasteiger partial charge in [0.15, 0.2) is 0 Å². The maximum absolute atomic E-state index is 5.92. The van der Waals surface area contributed by atoms with Crippen LogP contribution in [0.3, 0.4) is 0 Å². The number of nitrogens with zero attached hydrogens (tertiary/aromatic N) is 1. The monoisotopic (exact) mass is 268 g/mol. The molecule has 0 aliphatic carbocycles. The molecule has 0 aromatic carbocycles. The van der Waals surface area contributed by atoms with Crippen LogP contribution in [0.15, 0.2) is 18.2 Å². The minimum atomic E-state index is 0.583. The molecule has 0 bridgehead atoms. The van der Waals surface area contributed by atoms with Gasteiger partial charge in [0.05, 0.1) is 0 Å². The van der Waals surface area contributed by atoms with Crippen LogP contribution in [0, 0.1) is 6.92 Å². The highest BCUT2D eigenvalue weighted by molar-refractivity contribution is 6.29. The van der Waals surface area contributed by atoms with Crippen molar-refractivity contribution in [2.75, 3.05) is 13.1 Å². The summed E-state index contributed by atoms with van der Waals surface area (Å²) in [6.45, 7) is 12.0. The fourth-order valence-electron chi connectivity index (χ4n) is 1.70. The summed E-state index contributed by atoms with van der Waals surface area (Å²) in [7, 11) is 0. The maximum atomic E-state index is 5.92. The van der Waals surface area contributed by atoms with Crippen molar-refractivity contribution in [1.29, 1.82) is 0 Å². The molecular weight excluding hydrogens is 244 g/mol. The Kier molecular flexibility index (Phi) is 9.62. The summed E-state index contributed by atoms with van der Waals surface area (Å²) in [5, 5.41) is 3.87. The van der Waals surface area contributed by atoms with E-state index < -0.39 is 0 Å². The van der Waals surface area contributed by atoms with Crippen molar-refractivity contribution >= 4 is 17.2 Å². The smallest absolute Gasteiger partial charge is 0.129 e. The van der Waals surface area contributed by atoms with Gasteiger partial charge in [-0.3, -0.25) is 0 Å². The second-order valence-corrected chi connectivity index (χ2v) is 3.89. The van der Waals surface area contributed by atoms with Crippen LogP contribution in [0.25, 0.3) is 5.57 Å². The lowest BCUT2D eigenvalue weighted by atomic mass is 10.0. The van der Waals surface area contributed by atoms with Crippen LogP contribution >= 0.6 is 11.6 Å². The van der Waals surface area contributed by atoms with E-state index in [1.807, 2.05) is 40.7 Å². The second kappa shape index (κ2) is 10.1. The van der Waals surface area contributed by atoms with Gasteiger partial charge < -0.3 is 5.32 Å². The first-order valence-electron chi connectivity index (χ1n) is 6.80. The van der Waals surface area contributed by atoms with Crippen LogP contribution in [0.5, 0.6) is 0 Å². The summed E-state index contributed by atoms with van der Waals surface area (Å²) in [6.07, 6.45) is 3.29. The van der Waals surface area contributed by atoms with Crippen LogP contribution in [-0.4, -0.2) is 18.1 Å². The van der Waals surface area contributed by atoms with Gasteiger partial charge in [-0.15, -0.1) is 0 Å². The lowest BCUT2D eigenvalue weighted by molar-refractivity contribution is 0.738. The summed E-state index contributed by atoms with van der Waals surface area (Å²) < 4.78 is 0. The standard InChI is InChI=1S/C11H13ClN2.2C2H6/c1-8-6-10(7-11(12)14-8)9-2-4-13-5-3-9;2*1-2/h2,6-7,13H,3-5H2,1H3;2*1-2H3. The number of hydrogen-bond acceptors (Lipinski definition) is 2. The molecule has 0 atom stereocenters. The molecule has 0 radical (unpaired) electrons. The first kappa shape index (κ1) is 17.1. The second-order valence-electron chi connectivity index (χ2n) is 3.50. The van der Waals surface area contributed by atoms with E-state index in [2.05, 4.69) is 22.4 Å². The van der Waals surface area contributed by atoms with Gasteiger partial charge in [0.25, 0.3) is 0 Å². The van der Waals surface area contributed by atoms with Gasteiger partial charge in [-0.1, -0.05) is 45.4 Å². The number of aromatic nitrogens is 1. The minimum absolute atomic E-state index is 0.583. The summed E-state index contributed by atoms with van der Waals surface area (Å²) in [5.41, 5.74) is 3.56. The number of nitrogens with one attached hydrogen (secondary N) is 1. The van der Waals surface area contributed by atoms with Crippen LogP contribution in [0.4, 0.5) is 0 Å². The van der Waals surface area contributed by atoms with Gasteiger partial charge in [-0.2, -0.15) is 0 Å². The molecule has 0 fully saturated rings. The van der Waals surface area contributed by atoms with E-state index in [0.717, 1.165) is 25.2 Å². The molecule has 1 aromatic rings. The van der Waals surface area contributed by atoms with E-state index in [1.165, 1.54) is 11.1 Å². The average Bonchev–Trinajstić information content (AvgIpc) is 2.43. The zero-order chi connectivity index (χ0) is 14.0. The molecule has 102 valence electrons. The molecule has 18 heavy (non-hydrogen) atoms. The normalized spacial score (nSPS) is 13.6. The predicted molar refractivity (Wildman–Crippen MR) is 82.1 cm³/mol. The van der Waals surface area contributed by atoms with Crippen molar-refractivity contribution in [1.82, 2.24) is 10.3 Å². The van der Waals surface area contributed by atoms with Crippen molar-refractivity contribution in [2.45, 2.75) is 41.0 Å². The Morgan fingerprint density at radius 3 is 2.33 bits per heavy atom. The number of aryl methyl sites for hydroxylation is 1. The number of halogens is 1. The fourth-order valence-corrected chi connectivity index (χ4v) is 1.95. The SMILES string of the molecule is CC.CC.Cc1cc(C2=CCNCC2)cc(Cl)n1. The van der Waals surface area contributed by atoms with E-state index in [9.17, 15) is 0 Å². The van der Waals surface area contributed by atoms with Crippen molar-refractivity contribution < 1.29 is 0 Å². The molecule has 1 aliphatic heterocycles. The Labute approximate surface area is 116 Å². The van der Waals surface area contributed by atoms with E-state index in [1.54, 1.807) is 0 Å². The Hall–Kier alpha value is -0.860. The van der Waals surface area contributed by atoms with Gasteiger partial charge in [0, 0.05) is 12.2 Å². The van der Waals surface area contributed by atoms with Crippen LogP contribution in [-0.2, 0) is 0 Å². The highest BCUT2D eigenvalue weighted by Crippen LogP contribution is 2.22. The van der Waals surface area contributed by atoms with E-state index >= 15 is 0 Å². The van der Waals surface area contributed by atoms with Crippen molar-refractivity contribution in [3.8, 4) is 0 Å². The maximum Gasteiger partial charge on any atom is 0.129 e. The van der Waals surface area contributed by atoms with Gasteiger partial charge in [0.2, 0.25) is 0 Å². The molecule has 0 amide bonds. The third kappa shape index (κ3) is 5.65. The fraction of sp³-hybridized carbons (Fsp3) is 0.533. The Bertz CT molecular complexity index is 353. The van der Waals surface area contributed by atoms with Crippen LogP contribution in [0.2, 0.25) is 5.15 Å². The van der Waals surface area contributed by atoms with Gasteiger partial charge in [-0.25, -0.2) is 4.98 Å². The Morgan fingerprint density at radius 1 is 1.17 bits per heavy atom. The predicted octanol–water partition coefficient (Wildman–Crippen LogP) is 4.47. The van der Waals surface area contributed by atoms with E-state index in [0.29, 0.717) is 5.15 Å². The molecular formula is C15H25ClN2. The first-order valence-corrected chi connectivity index (χ1v) is 7.18. The molecule has 2 nitrogen and oxygen atoms in total. The molecule has 2 heterocycles. The molecule has 3 heteroatoms.